The third-order valence-corrected chi connectivity index (χ3v) is 2.72. The lowest BCUT2D eigenvalue weighted by Gasteiger charge is -2.28. The van der Waals surface area contributed by atoms with E-state index < -0.39 is 0 Å². The lowest BCUT2D eigenvalue weighted by molar-refractivity contribution is -0.148. The van der Waals surface area contributed by atoms with Crippen molar-refractivity contribution >= 4 is 5.97 Å². The Bertz CT molecular complexity index is 206. The summed E-state index contributed by atoms with van der Waals surface area (Å²) in [6.07, 6.45) is 0.972. The summed E-state index contributed by atoms with van der Waals surface area (Å²) in [5, 5.41) is 0. The molecule has 0 amide bonds. The van der Waals surface area contributed by atoms with Crippen LogP contribution in [0, 0.1) is 5.92 Å². The summed E-state index contributed by atoms with van der Waals surface area (Å²) in [6.45, 7) is 5.77. The molecule has 4 heteroatoms. The number of methoxy groups -OCH3 is 1. The Kier molecular flexibility index (Phi) is 3.89. The van der Waals surface area contributed by atoms with E-state index >= 15 is 0 Å². The summed E-state index contributed by atoms with van der Waals surface area (Å²) in [6, 6.07) is 0.0782. The van der Waals surface area contributed by atoms with Crippen LogP contribution in [0.25, 0.3) is 0 Å². The summed E-state index contributed by atoms with van der Waals surface area (Å²) >= 11 is 0. The van der Waals surface area contributed by atoms with Crippen LogP contribution < -0.4 is 5.73 Å². The molecule has 14 heavy (non-hydrogen) atoms. The Morgan fingerprint density at radius 2 is 2.21 bits per heavy atom. The highest BCUT2D eigenvalue weighted by Crippen LogP contribution is 2.18. The second-order valence-electron chi connectivity index (χ2n) is 4.26. The number of carbonyl (C=O) groups excluding carboxylic acids is 1. The molecule has 1 saturated heterocycles. The molecule has 0 aromatic heterocycles. The average molecular weight is 200 g/mol. The predicted octanol–water partition coefficient (Wildman–Crippen LogP) is 0.217. The first-order valence-corrected chi connectivity index (χ1v) is 5.13. The topological polar surface area (TPSA) is 55.6 Å². The van der Waals surface area contributed by atoms with Crippen LogP contribution in [-0.4, -0.2) is 43.2 Å². The molecular weight excluding hydrogens is 180 g/mol. The van der Waals surface area contributed by atoms with Gasteiger partial charge in [0.05, 0.1) is 7.11 Å². The standard InChI is InChI=1S/C10H20N2O2/c1-7(2)9(10(13)14-3)12-5-4-8(11)6-12/h7-9H,4-6,11H2,1-3H3. The third kappa shape index (κ3) is 2.45. The number of ether oxygens (including phenoxy) is 1. The molecule has 2 unspecified atom stereocenters. The van der Waals surface area contributed by atoms with Crippen molar-refractivity contribution in [1.82, 2.24) is 4.90 Å². The van der Waals surface area contributed by atoms with E-state index in [1.165, 1.54) is 7.11 Å². The van der Waals surface area contributed by atoms with Crippen LogP contribution in [0.4, 0.5) is 0 Å². The van der Waals surface area contributed by atoms with Gasteiger partial charge in [-0.3, -0.25) is 9.69 Å². The van der Waals surface area contributed by atoms with Gasteiger partial charge < -0.3 is 10.5 Å². The third-order valence-electron chi connectivity index (χ3n) is 2.72. The Morgan fingerprint density at radius 3 is 2.57 bits per heavy atom. The quantitative estimate of drug-likeness (QED) is 0.662. The van der Waals surface area contributed by atoms with Crippen LogP contribution in [0.2, 0.25) is 0 Å². The van der Waals surface area contributed by atoms with E-state index in [0.29, 0.717) is 0 Å². The second kappa shape index (κ2) is 4.75. The number of hydrogen-bond donors (Lipinski definition) is 1. The highest BCUT2D eigenvalue weighted by atomic mass is 16.5. The number of nitrogens with two attached hydrogens (primary N) is 1. The zero-order valence-electron chi connectivity index (χ0n) is 9.19. The largest absolute Gasteiger partial charge is 0.468 e. The maximum Gasteiger partial charge on any atom is 0.323 e. The molecule has 0 radical (unpaired) electrons. The predicted molar refractivity (Wildman–Crippen MR) is 54.8 cm³/mol. The normalized spacial score (nSPS) is 25.4. The lowest BCUT2D eigenvalue weighted by atomic mass is 10.0. The van der Waals surface area contributed by atoms with Crippen LogP contribution >= 0.6 is 0 Å². The van der Waals surface area contributed by atoms with E-state index in [4.69, 9.17) is 10.5 Å². The fraction of sp³-hybridized carbons (Fsp3) is 0.900. The first-order valence-electron chi connectivity index (χ1n) is 5.13. The van der Waals surface area contributed by atoms with Crippen molar-refractivity contribution in [2.45, 2.75) is 32.4 Å². The van der Waals surface area contributed by atoms with Crippen LogP contribution in [0.5, 0.6) is 0 Å². The number of esters is 1. The Hall–Kier alpha value is -0.610. The van der Waals surface area contributed by atoms with Crippen molar-refractivity contribution in [1.29, 1.82) is 0 Å². The Morgan fingerprint density at radius 1 is 1.57 bits per heavy atom. The molecule has 1 aliphatic heterocycles. The van der Waals surface area contributed by atoms with Gasteiger partial charge in [0.25, 0.3) is 0 Å². The number of nitrogens with zero attached hydrogens (tertiary/aromatic N) is 1. The van der Waals surface area contributed by atoms with E-state index in [-0.39, 0.29) is 24.0 Å². The van der Waals surface area contributed by atoms with E-state index in [1.54, 1.807) is 0 Å². The number of hydrogen-bond acceptors (Lipinski definition) is 4. The zero-order chi connectivity index (χ0) is 10.7. The summed E-state index contributed by atoms with van der Waals surface area (Å²) in [5.41, 5.74) is 5.81. The van der Waals surface area contributed by atoms with Gasteiger partial charge in [0, 0.05) is 19.1 Å². The van der Waals surface area contributed by atoms with Crippen LogP contribution in [0.3, 0.4) is 0 Å². The molecule has 0 saturated carbocycles. The molecule has 0 bridgehead atoms. The van der Waals surface area contributed by atoms with E-state index in [9.17, 15) is 4.79 Å². The first-order chi connectivity index (χ1) is 6.56. The minimum Gasteiger partial charge on any atom is -0.468 e. The van der Waals surface area contributed by atoms with Gasteiger partial charge in [-0.15, -0.1) is 0 Å². The van der Waals surface area contributed by atoms with Crippen molar-refractivity contribution in [3.63, 3.8) is 0 Å². The monoisotopic (exact) mass is 200 g/mol. The van der Waals surface area contributed by atoms with Gasteiger partial charge in [-0.25, -0.2) is 0 Å². The lowest BCUT2D eigenvalue weighted by Crippen LogP contribution is -2.45. The summed E-state index contributed by atoms with van der Waals surface area (Å²) in [7, 11) is 1.44. The Labute approximate surface area is 85.4 Å². The summed E-state index contributed by atoms with van der Waals surface area (Å²) in [5.74, 6) is 0.127. The fourth-order valence-electron chi connectivity index (χ4n) is 2.03. The van der Waals surface area contributed by atoms with Gasteiger partial charge in [-0.1, -0.05) is 13.8 Å². The van der Waals surface area contributed by atoms with Crippen molar-refractivity contribution in [2.75, 3.05) is 20.2 Å². The Balaban J connectivity index is 2.63. The molecule has 0 spiro atoms. The van der Waals surface area contributed by atoms with Crippen LogP contribution in [0.15, 0.2) is 0 Å². The minimum atomic E-state index is -0.144. The highest BCUT2D eigenvalue weighted by molar-refractivity contribution is 5.76. The zero-order valence-corrected chi connectivity index (χ0v) is 9.19. The molecular formula is C10H20N2O2. The number of carbonyl (C=O) groups is 1. The van der Waals surface area contributed by atoms with Gasteiger partial charge >= 0.3 is 5.97 Å². The highest BCUT2D eigenvalue weighted by Gasteiger charge is 2.33. The number of rotatable bonds is 3. The maximum atomic E-state index is 11.5. The van der Waals surface area contributed by atoms with E-state index in [0.717, 1.165) is 19.5 Å². The first kappa shape index (κ1) is 11.5. The van der Waals surface area contributed by atoms with Crippen molar-refractivity contribution in [3.8, 4) is 0 Å². The van der Waals surface area contributed by atoms with Crippen molar-refractivity contribution in [3.05, 3.63) is 0 Å². The fourth-order valence-corrected chi connectivity index (χ4v) is 2.03. The van der Waals surface area contributed by atoms with Crippen molar-refractivity contribution < 1.29 is 9.53 Å². The average Bonchev–Trinajstić information content (AvgIpc) is 2.51. The molecule has 1 fully saturated rings. The van der Waals surface area contributed by atoms with Gasteiger partial charge in [-0.05, 0) is 12.3 Å². The molecule has 1 rings (SSSR count). The van der Waals surface area contributed by atoms with E-state index in [2.05, 4.69) is 4.90 Å². The van der Waals surface area contributed by atoms with E-state index in [1.807, 2.05) is 13.8 Å². The molecule has 0 aromatic rings. The maximum absolute atomic E-state index is 11.5. The molecule has 0 aliphatic carbocycles. The van der Waals surface area contributed by atoms with Gasteiger partial charge in [-0.2, -0.15) is 0 Å². The molecule has 0 aromatic carbocycles. The van der Waals surface area contributed by atoms with Crippen LogP contribution in [0.1, 0.15) is 20.3 Å². The molecule has 2 N–H and O–H groups in total. The molecule has 2 atom stereocenters. The molecule has 82 valence electrons. The van der Waals surface area contributed by atoms with Crippen molar-refractivity contribution in [2.24, 2.45) is 11.7 Å². The molecule has 1 heterocycles. The second-order valence-corrected chi connectivity index (χ2v) is 4.26. The van der Waals surface area contributed by atoms with Gasteiger partial charge in [0.15, 0.2) is 0 Å². The minimum absolute atomic E-state index is 0.131. The molecule has 4 nitrogen and oxygen atoms in total. The molecule has 1 aliphatic rings. The number of likely N-dealkylation sites (tertiary alicyclic amines) is 1. The smallest absolute Gasteiger partial charge is 0.323 e. The van der Waals surface area contributed by atoms with Gasteiger partial charge in [0.1, 0.15) is 6.04 Å². The SMILES string of the molecule is COC(=O)C(C(C)C)N1CCC(N)C1. The summed E-state index contributed by atoms with van der Waals surface area (Å²) < 4.78 is 4.80. The summed E-state index contributed by atoms with van der Waals surface area (Å²) in [4.78, 5) is 13.7. The van der Waals surface area contributed by atoms with Gasteiger partial charge in [0.2, 0.25) is 0 Å². The van der Waals surface area contributed by atoms with Crippen LogP contribution in [-0.2, 0) is 9.53 Å².